The molecule has 1 saturated carbocycles. The number of aromatic nitrogens is 2. The molecule has 11 heteroatoms. The number of piperidine rings is 1. The molecule has 0 amide bonds. The predicted molar refractivity (Wildman–Crippen MR) is 191 cm³/mol. The zero-order valence-corrected chi connectivity index (χ0v) is 28.9. The first-order chi connectivity index (χ1) is 24.1. The standard InChI is InChI=1S/C39H44F2N6O3/c1-5-23-7-6-8-24-13-28(48)15-30(33(23)24)34-32(40)16-31-36(35(34)41)43-38(44-37(31)47-17-25-9-10-26(18-47)42-25)50-22-39(11-12-39)21-46-19-27(45(2)3)14-29(20-46)49-4/h1,6-8,13,15-16,25-27,29,42,48H,9-12,14,17-22H2,2-4H3/t25?,26?,27-,29+/m1/s1. The number of phenolic OH excluding ortho intramolecular Hbond substituents is 1. The van der Waals surface area contributed by atoms with Crippen LogP contribution in [-0.4, -0.2) is 110 Å². The Balaban J connectivity index is 1.18. The number of piperazine rings is 1. The number of terminal acetylenes is 1. The lowest BCUT2D eigenvalue weighted by Crippen LogP contribution is -2.52. The maximum absolute atomic E-state index is 17.0. The minimum absolute atomic E-state index is 0.0281. The molecule has 4 aromatic rings. The monoisotopic (exact) mass is 682 g/mol. The second kappa shape index (κ2) is 12.9. The van der Waals surface area contributed by atoms with Crippen molar-refractivity contribution in [3.63, 3.8) is 0 Å². The average Bonchev–Trinajstić information content (AvgIpc) is 3.79. The van der Waals surface area contributed by atoms with Crippen LogP contribution in [0, 0.1) is 29.4 Å². The minimum Gasteiger partial charge on any atom is -0.508 e. The number of rotatable bonds is 9. The fourth-order valence-corrected chi connectivity index (χ4v) is 8.42. The highest BCUT2D eigenvalue weighted by Crippen LogP contribution is 2.47. The summed E-state index contributed by atoms with van der Waals surface area (Å²) in [7, 11) is 6.01. The Morgan fingerprint density at radius 1 is 1.08 bits per heavy atom. The second-order valence-electron chi connectivity index (χ2n) is 15.1. The molecule has 1 aliphatic carbocycles. The number of benzene rings is 3. The minimum atomic E-state index is -0.847. The average molecular weight is 683 g/mol. The Bertz CT molecular complexity index is 1980. The van der Waals surface area contributed by atoms with E-state index >= 15 is 8.78 Å². The lowest BCUT2D eigenvalue weighted by molar-refractivity contribution is -0.0115. The number of hydrogen-bond acceptors (Lipinski definition) is 9. The number of hydrogen-bond donors (Lipinski definition) is 2. The second-order valence-corrected chi connectivity index (χ2v) is 15.1. The molecule has 0 radical (unpaired) electrons. The number of nitrogens with one attached hydrogen (secondary N) is 1. The van der Waals surface area contributed by atoms with E-state index in [0.717, 1.165) is 51.7 Å². The van der Waals surface area contributed by atoms with Crippen LogP contribution in [0.1, 0.15) is 37.7 Å². The van der Waals surface area contributed by atoms with Gasteiger partial charge in [-0.25, -0.2) is 8.78 Å². The summed E-state index contributed by atoms with van der Waals surface area (Å²) in [5, 5.41) is 15.6. The lowest BCUT2D eigenvalue weighted by atomic mass is 9.93. The SMILES string of the molecule is C#Cc1cccc2cc(O)cc(-c3c(F)cc4c(N5CC6CCC(C5)N6)nc(OCC5(CN6C[C@@H](OC)C[C@@H](N(C)C)C6)CC5)nc4c3F)c12. The maximum atomic E-state index is 17.0. The summed E-state index contributed by atoms with van der Waals surface area (Å²) in [6.45, 7) is 4.43. The van der Waals surface area contributed by atoms with E-state index in [1.54, 1.807) is 25.3 Å². The molecule has 4 fully saturated rings. The van der Waals surface area contributed by atoms with Gasteiger partial charge in [0, 0.05) is 85.3 Å². The van der Waals surface area contributed by atoms with Gasteiger partial charge in [0.2, 0.25) is 0 Å². The van der Waals surface area contributed by atoms with Crippen LogP contribution < -0.4 is 15.0 Å². The summed E-state index contributed by atoms with van der Waals surface area (Å²) in [4.78, 5) is 16.3. The molecule has 2 N–H and O–H groups in total. The quantitative estimate of drug-likeness (QED) is 0.233. The van der Waals surface area contributed by atoms with Gasteiger partial charge in [-0.3, -0.25) is 4.90 Å². The number of nitrogens with zero attached hydrogens (tertiary/aromatic N) is 5. The van der Waals surface area contributed by atoms with Crippen molar-refractivity contribution in [3.05, 3.63) is 53.6 Å². The van der Waals surface area contributed by atoms with Crippen LogP contribution in [-0.2, 0) is 4.74 Å². The van der Waals surface area contributed by atoms with Crippen LogP contribution in [0.4, 0.5) is 14.6 Å². The van der Waals surface area contributed by atoms with Crippen LogP contribution in [0.3, 0.4) is 0 Å². The number of anilines is 1. The fraction of sp³-hybridized carbons (Fsp3) is 0.487. The van der Waals surface area contributed by atoms with Crippen LogP contribution in [0.25, 0.3) is 32.8 Å². The van der Waals surface area contributed by atoms with Crippen molar-refractivity contribution < 1.29 is 23.4 Å². The molecule has 2 bridgehead atoms. The Kier molecular flexibility index (Phi) is 8.54. The van der Waals surface area contributed by atoms with E-state index in [1.807, 2.05) is 0 Å². The number of aromatic hydroxyl groups is 1. The van der Waals surface area contributed by atoms with Crippen molar-refractivity contribution in [2.45, 2.75) is 56.3 Å². The number of likely N-dealkylation sites (N-methyl/N-ethyl adjacent to an activating group) is 1. The molecule has 3 saturated heterocycles. The molecule has 3 aromatic carbocycles. The van der Waals surface area contributed by atoms with E-state index in [2.05, 4.69) is 45.0 Å². The number of phenols is 1. The first-order valence-corrected chi connectivity index (χ1v) is 17.6. The summed E-state index contributed by atoms with van der Waals surface area (Å²) < 4.78 is 45.5. The summed E-state index contributed by atoms with van der Waals surface area (Å²) in [5.74, 6) is 1.35. The number of halogens is 2. The highest BCUT2D eigenvalue weighted by Gasteiger charge is 2.46. The molecule has 2 unspecified atom stereocenters. The largest absolute Gasteiger partial charge is 0.508 e. The highest BCUT2D eigenvalue weighted by atomic mass is 19.1. The van der Waals surface area contributed by atoms with Crippen LogP contribution in [0.15, 0.2) is 36.4 Å². The van der Waals surface area contributed by atoms with E-state index < -0.39 is 11.6 Å². The van der Waals surface area contributed by atoms with Gasteiger partial charge in [0.1, 0.15) is 22.9 Å². The van der Waals surface area contributed by atoms with E-state index in [4.69, 9.17) is 20.9 Å². The number of methoxy groups -OCH3 is 1. The third-order valence-electron chi connectivity index (χ3n) is 11.3. The van der Waals surface area contributed by atoms with Gasteiger partial charge in [0.05, 0.1) is 18.3 Å². The topological polar surface area (TPSA) is 86.2 Å². The van der Waals surface area contributed by atoms with Gasteiger partial charge in [-0.15, -0.1) is 6.42 Å². The summed E-state index contributed by atoms with van der Waals surface area (Å²) >= 11 is 0. The molecule has 8 rings (SSSR count). The van der Waals surface area contributed by atoms with Crippen LogP contribution >= 0.6 is 0 Å². The van der Waals surface area contributed by atoms with E-state index in [-0.39, 0.29) is 57.4 Å². The molecular weight excluding hydrogens is 638 g/mol. The molecule has 1 aromatic heterocycles. The summed E-state index contributed by atoms with van der Waals surface area (Å²) in [6.07, 6.45) is 11.1. The van der Waals surface area contributed by atoms with Gasteiger partial charge < -0.3 is 29.7 Å². The molecule has 9 nitrogen and oxygen atoms in total. The first-order valence-electron chi connectivity index (χ1n) is 17.6. The molecule has 262 valence electrons. The Hall–Kier alpha value is -4.08. The van der Waals surface area contributed by atoms with Gasteiger partial charge in [0.15, 0.2) is 5.82 Å². The Labute approximate surface area is 291 Å². The van der Waals surface area contributed by atoms with Gasteiger partial charge in [-0.2, -0.15) is 9.97 Å². The van der Waals surface area contributed by atoms with E-state index in [0.29, 0.717) is 47.9 Å². The van der Waals surface area contributed by atoms with Gasteiger partial charge >= 0.3 is 6.01 Å². The predicted octanol–water partition coefficient (Wildman–Crippen LogP) is 5.17. The van der Waals surface area contributed by atoms with E-state index in [1.165, 1.54) is 18.2 Å². The molecule has 4 aliphatic rings. The Morgan fingerprint density at radius 2 is 1.86 bits per heavy atom. The number of ether oxygens (including phenoxy) is 2. The van der Waals surface area contributed by atoms with Crippen molar-refractivity contribution in [1.29, 1.82) is 0 Å². The van der Waals surface area contributed by atoms with Crippen LogP contribution in [0.2, 0.25) is 0 Å². The van der Waals surface area contributed by atoms with Crippen molar-refractivity contribution in [3.8, 4) is 35.2 Å². The van der Waals surface area contributed by atoms with Crippen LogP contribution in [0.5, 0.6) is 11.8 Å². The normalized spacial score (nSPS) is 24.6. The number of likely N-dealkylation sites (tertiary alicyclic amines) is 1. The molecule has 0 spiro atoms. The first kappa shape index (κ1) is 33.1. The summed E-state index contributed by atoms with van der Waals surface area (Å²) in [6, 6.07) is 10.5. The molecule has 4 heterocycles. The van der Waals surface area contributed by atoms with Crippen molar-refractivity contribution in [1.82, 2.24) is 25.1 Å². The highest BCUT2D eigenvalue weighted by molar-refractivity contribution is 6.04. The lowest BCUT2D eigenvalue weighted by Gasteiger charge is -2.41. The zero-order valence-electron chi connectivity index (χ0n) is 28.9. The third kappa shape index (κ3) is 6.13. The molecule has 50 heavy (non-hydrogen) atoms. The van der Waals surface area contributed by atoms with Gasteiger partial charge in [0.25, 0.3) is 0 Å². The molecular formula is C39H44F2N6O3. The van der Waals surface area contributed by atoms with Crippen molar-refractivity contribution in [2.75, 3.05) is 65.4 Å². The smallest absolute Gasteiger partial charge is 0.319 e. The van der Waals surface area contributed by atoms with Gasteiger partial charge in [-0.05, 0) is 75.9 Å². The maximum Gasteiger partial charge on any atom is 0.319 e. The third-order valence-corrected chi connectivity index (χ3v) is 11.3. The summed E-state index contributed by atoms with van der Waals surface area (Å²) in [5.41, 5.74) is 0.246. The fourth-order valence-electron chi connectivity index (χ4n) is 8.42. The van der Waals surface area contributed by atoms with Crippen molar-refractivity contribution >= 4 is 27.5 Å². The Morgan fingerprint density at radius 3 is 2.56 bits per heavy atom. The zero-order chi connectivity index (χ0) is 34.7. The van der Waals surface area contributed by atoms with Crippen molar-refractivity contribution in [2.24, 2.45) is 5.41 Å². The molecule has 4 atom stereocenters. The van der Waals surface area contributed by atoms with Gasteiger partial charge in [-0.1, -0.05) is 18.1 Å². The molecule has 3 aliphatic heterocycles. The van der Waals surface area contributed by atoms with E-state index in [9.17, 15) is 5.11 Å². The number of fused-ring (bicyclic) bond motifs is 4.